The van der Waals surface area contributed by atoms with Gasteiger partial charge >= 0.3 is 0 Å². The highest BCUT2D eigenvalue weighted by molar-refractivity contribution is 9.09. The van der Waals surface area contributed by atoms with Crippen molar-refractivity contribution in [3.05, 3.63) is 30.1 Å². The van der Waals surface area contributed by atoms with Crippen LogP contribution in [-0.4, -0.2) is 41.4 Å². The molecule has 1 heterocycles. The van der Waals surface area contributed by atoms with Crippen LogP contribution in [0.5, 0.6) is 0 Å². The average Bonchev–Trinajstić information content (AvgIpc) is 2.35. The highest BCUT2D eigenvalue weighted by Crippen LogP contribution is 2.27. The maximum atomic E-state index is 12.4. The van der Waals surface area contributed by atoms with E-state index in [1.165, 1.54) is 0 Å². The lowest BCUT2D eigenvalue weighted by Gasteiger charge is -2.36. The summed E-state index contributed by atoms with van der Waals surface area (Å²) in [6.45, 7) is 0.573. The molecule has 1 aliphatic rings. The summed E-state index contributed by atoms with van der Waals surface area (Å²) >= 11 is 3.35. The molecule has 2 rings (SSSR count). The third-order valence-electron chi connectivity index (χ3n) is 3.54. The summed E-state index contributed by atoms with van der Waals surface area (Å²) in [5.74, 6) is 0.181. The SMILES string of the molecule is O=S(=O)(CCc1ccncc1)N(CCBr)C1CCC1. The minimum Gasteiger partial charge on any atom is -0.265 e. The summed E-state index contributed by atoms with van der Waals surface area (Å²) in [4.78, 5) is 3.94. The summed E-state index contributed by atoms with van der Waals surface area (Å²) in [6.07, 6.45) is 7.09. The van der Waals surface area contributed by atoms with E-state index in [4.69, 9.17) is 0 Å². The Morgan fingerprint density at radius 2 is 2.00 bits per heavy atom. The molecule has 1 aliphatic carbocycles. The van der Waals surface area contributed by atoms with Gasteiger partial charge in [-0.3, -0.25) is 4.98 Å². The number of sulfonamides is 1. The minimum absolute atomic E-state index is 0.181. The molecular weight excluding hydrogens is 328 g/mol. The Balaban J connectivity index is 1.99. The molecule has 0 aromatic carbocycles. The maximum Gasteiger partial charge on any atom is 0.214 e. The second-order valence-electron chi connectivity index (χ2n) is 4.81. The van der Waals surface area contributed by atoms with E-state index in [1.807, 2.05) is 12.1 Å². The van der Waals surface area contributed by atoms with E-state index in [2.05, 4.69) is 20.9 Å². The van der Waals surface area contributed by atoms with Crippen LogP contribution >= 0.6 is 15.9 Å². The second kappa shape index (κ2) is 6.81. The molecule has 0 N–H and O–H groups in total. The van der Waals surface area contributed by atoms with Gasteiger partial charge in [0.05, 0.1) is 5.75 Å². The summed E-state index contributed by atoms with van der Waals surface area (Å²) in [6, 6.07) is 3.96. The summed E-state index contributed by atoms with van der Waals surface area (Å²) < 4.78 is 26.5. The number of hydrogen-bond acceptors (Lipinski definition) is 3. The van der Waals surface area contributed by atoms with Gasteiger partial charge in [-0.05, 0) is 37.0 Å². The number of nitrogens with zero attached hydrogens (tertiary/aromatic N) is 2. The van der Waals surface area contributed by atoms with Crippen molar-refractivity contribution in [1.82, 2.24) is 9.29 Å². The zero-order chi connectivity index (χ0) is 13.7. The quantitative estimate of drug-likeness (QED) is 0.711. The van der Waals surface area contributed by atoms with Gasteiger partial charge in [-0.25, -0.2) is 8.42 Å². The van der Waals surface area contributed by atoms with Crippen LogP contribution in [0, 0.1) is 0 Å². The Bertz CT molecular complexity index is 489. The van der Waals surface area contributed by atoms with Crippen LogP contribution in [0.25, 0.3) is 0 Å². The fourth-order valence-electron chi connectivity index (χ4n) is 2.22. The van der Waals surface area contributed by atoms with Crippen molar-refractivity contribution in [1.29, 1.82) is 0 Å². The third-order valence-corrected chi connectivity index (χ3v) is 5.81. The zero-order valence-electron chi connectivity index (χ0n) is 10.8. The molecular formula is C13H19BrN2O2S. The molecule has 6 heteroatoms. The Hall–Kier alpha value is -0.460. The summed E-state index contributed by atoms with van der Waals surface area (Å²) in [7, 11) is -3.16. The first kappa shape index (κ1) is 14.9. The number of aromatic nitrogens is 1. The van der Waals surface area contributed by atoms with Crippen LogP contribution in [0.15, 0.2) is 24.5 Å². The van der Waals surface area contributed by atoms with E-state index in [-0.39, 0.29) is 11.8 Å². The monoisotopic (exact) mass is 346 g/mol. The third kappa shape index (κ3) is 4.00. The predicted molar refractivity (Wildman–Crippen MR) is 79.9 cm³/mol. The van der Waals surface area contributed by atoms with E-state index in [0.717, 1.165) is 24.8 Å². The van der Waals surface area contributed by atoms with E-state index in [9.17, 15) is 8.42 Å². The topological polar surface area (TPSA) is 50.3 Å². The fraction of sp³-hybridized carbons (Fsp3) is 0.615. The molecule has 0 aliphatic heterocycles. The Kier molecular flexibility index (Phi) is 5.36. The van der Waals surface area contributed by atoms with Crippen molar-refractivity contribution in [2.24, 2.45) is 0 Å². The predicted octanol–water partition coefficient (Wildman–Crippen LogP) is 2.20. The van der Waals surface area contributed by atoms with Crippen molar-refractivity contribution < 1.29 is 8.42 Å². The molecule has 1 aromatic rings. The summed E-state index contributed by atoms with van der Waals surface area (Å²) in [5, 5.41) is 0.692. The highest BCUT2D eigenvalue weighted by atomic mass is 79.9. The van der Waals surface area contributed by atoms with Gasteiger partial charge in [0, 0.05) is 30.3 Å². The molecule has 4 nitrogen and oxygen atoms in total. The van der Waals surface area contributed by atoms with Crippen LogP contribution in [0.3, 0.4) is 0 Å². The lowest BCUT2D eigenvalue weighted by molar-refractivity contribution is 0.228. The van der Waals surface area contributed by atoms with E-state index in [1.54, 1.807) is 16.7 Å². The smallest absolute Gasteiger partial charge is 0.214 e. The van der Waals surface area contributed by atoms with E-state index in [0.29, 0.717) is 18.3 Å². The normalized spacial score (nSPS) is 16.5. The van der Waals surface area contributed by atoms with Gasteiger partial charge in [0.25, 0.3) is 0 Å². The van der Waals surface area contributed by atoms with E-state index < -0.39 is 10.0 Å². The summed E-state index contributed by atoms with van der Waals surface area (Å²) in [5.41, 5.74) is 1.02. The van der Waals surface area contributed by atoms with Crippen molar-refractivity contribution in [3.8, 4) is 0 Å². The van der Waals surface area contributed by atoms with Gasteiger partial charge in [-0.2, -0.15) is 4.31 Å². The second-order valence-corrected chi connectivity index (χ2v) is 7.64. The molecule has 0 unspecified atom stereocenters. The maximum absolute atomic E-state index is 12.4. The van der Waals surface area contributed by atoms with Gasteiger partial charge < -0.3 is 0 Å². The van der Waals surface area contributed by atoms with Gasteiger partial charge in [0.15, 0.2) is 0 Å². The molecule has 0 amide bonds. The van der Waals surface area contributed by atoms with Gasteiger partial charge in [-0.1, -0.05) is 22.4 Å². The van der Waals surface area contributed by atoms with Crippen LogP contribution in [0.2, 0.25) is 0 Å². The zero-order valence-corrected chi connectivity index (χ0v) is 13.2. The lowest BCUT2D eigenvalue weighted by Crippen LogP contribution is -2.46. The first-order chi connectivity index (χ1) is 9.13. The van der Waals surface area contributed by atoms with Gasteiger partial charge in [-0.15, -0.1) is 0 Å². The van der Waals surface area contributed by atoms with Gasteiger partial charge in [0.2, 0.25) is 10.0 Å². The Labute approximate surface area is 123 Å². The molecule has 106 valence electrons. The number of alkyl halides is 1. The van der Waals surface area contributed by atoms with Crippen molar-refractivity contribution in [2.45, 2.75) is 31.7 Å². The number of halogens is 1. The van der Waals surface area contributed by atoms with E-state index >= 15 is 0 Å². The fourth-order valence-corrected chi connectivity index (χ4v) is 4.60. The molecule has 1 aromatic heterocycles. The molecule has 19 heavy (non-hydrogen) atoms. The minimum atomic E-state index is -3.16. The van der Waals surface area contributed by atoms with Gasteiger partial charge in [0.1, 0.15) is 0 Å². The van der Waals surface area contributed by atoms with Crippen LogP contribution in [0.4, 0.5) is 0 Å². The molecule has 1 saturated carbocycles. The highest BCUT2D eigenvalue weighted by Gasteiger charge is 2.32. The number of aryl methyl sites for hydroxylation is 1. The van der Waals surface area contributed by atoms with Crippen LogP contribution in [-0.2, 0) is 16.4 Å². The molecule has 0 spiro atoms. The van der Waals surface area contributed by atoms with Crippen molar-refractivity contribution in [2.75, 3.05) is 17.6 Å². The molecule has 0 radical (unpaired) electrons. The van der Waals surface area contributed by atoms with Crippen molar-refractivity contribution >= 4 is 26.0 Å². The number of hydrogen-bond donors (Lipinski definition) is 0. The number of pyridine rings is 1. The first-order valence-corrected chi connectivity index (χ1v) is 9.31. The standard InChI is InChI=1S/C13H19BrN2O2S/c14-7-10-16(13-2-1-3-13)19(17,18)11-6-12-4-8-15-9-5-12/h4-5,8-9,13H,1-3,6-7,10-11H2. The van der Waals surface area contributed by atoms with Crippen LogP contribution < -0.4 is 0 Å². The largest absolute Gasteiger partial charge is 0.265 e. The van der Waals surface area contributed by atoms with Crippen LogP contribution in [0.1, 0.15) is 24.8 Å². The molecule has 0 saturated heterocycles. The molecule has 0 atom stereocenters. The molecule has 0 bridgehead atoms. The Morgan fingerprint density at radius 3 is 2.53 bits per heavy atom. The Morgan fingerprint density at radius 1 is 1.32 bits per heavy atom. The van der Waals surface area contributed by atoms with Crippen molar-refractivity contribution in [3.63, 3.8) is 0 Å². The average molecular weight is 347 g/mol. The number of rotatable bonds is 7. The lowest BCUT2D eigenvalue weighted by atomic mass is 9.93. The molecule has 1 fully saturated rings. The first-order valence-electron chi connectivity index (χ1n) is 6.58.